The van der Waals surface area contributed by atoms with Crippen LogP contribution >= 0.6 is 0 Å². The zero-order valence-electron chi connectivity index (χ0n) is 10.6. The van der Waals surface area contributed by atoms with Crippen molar-refractivity contribution in [2.45, 2.75) is 52.4 Å². The van der Waals surface area contributed by atoms with E-state index in [0.717, 1.165) is 25.7 Å². The zero-order valence-corrected chi connectivity index (χ0v) is 10.6. The second kappa shape index (κ2) is 9.79. The highest BCUT2D eigenvalue weighted by Crippen LogP contribution is 2.16. The van der Waals surface area contributed by atoms with Crippen molar-refractivity contribution >= 4 is 5.78 Å². The van der Waals surface area contributed by atoms with E-state index >= 15 is 0 Å². The third-order valence-corrected chi connectivity index (χ3v) is 2.94. The van der Waals surface area contributed by atoms with Gasteiger partial charge in [0.1, 0.15) is 5.78 Å². The standard InChI is InChI=1S/C13H26O3/c1-3-5-11(9-14)7-13(16)8-12(10-15)6-4-2/h11-12,14-15H,3-10H2,1-2H3. The van der Waals surface area contributed by atoms with E-state index in [1.54, 1.807) is 0 Å². The molecule has 0 heterocycles. The van der Waals surface area contributed by atoms with E-state index in [2.05, 4.69) is 13.8 Å². The summed E-state index contributed by atoms with van der Waals surface area (Å²) in [6.07, 6.45) is 4.72. The number of aliphatic hydroxyl groups excluding tert-OH is 2. The molecule has 0 saturated heterocycles. The third kappa shape index (κ3) is 6.96. The maximum Gasteiger partial charge on any atom is 0.133 e. The van der Waals surface area contributed by atoms with Gasteiger partial charge in [-0.3, -0.25) is 4.79 Å². The van der Waals surface area contributed by atoms with Crippen molar-refractivity contribution in [2.75, 3.05) is 13.2 Å². The maximum atomic E-state index is 11.7. The second-order valence-corrected chi connectivity index (χ2v) is 4.62. The van der Waals surface area contributed by atoms with Crippen LogP contribution in [0.3, 0.4) is 0 Å². The maximum absolute atomic E-state index is 11.7. The Morgan fingerprint density at radius 3 is 1.56 bits per heavy atom. The molecule has 0 bridgehead atoms. The Balaban J connectivity index is 3.93. The molecule has 0 aliphatic carbocycles. The lowest BCUT2D eigenvalue weighted by molar-refractivity contribution is -0.121. The van der Waals surface area contributed by atoms with Crippen molar-refractivity contribution in [3.05, 3.63) is 0 Å². The molecule has 0 radical (unpaired) electrons. The quantitative estimate of drug-likeness (QED) is 0.604. The van der Waals surface area contributed by atoms with E-state index in [-0.39, 0.29) is 30.8 Å². The SMILES string of the molecule is CCCC(CO)CC(=O)CC(CO)CCC. The molecule has 0 spiro atoms. The van der Waals surface area contributed by atoms with Gasteiger partial charge in [0.15, 0.2) is 0 Å². The fourth-order valence-corrected chi connectivity index (χ4v) is 2.06. The molecule has 2 unspecified atom stereocenters. The molecule has 0 aromatic carbocycles. The molecule has 3 nitrogen and oxygen atoms in total. The highest BCUT2D eigenvalue weighted by Gasteiger charge is 2.16. The summed E-state index contributed by atoms with van der Waals surface area (Å²) < 4.78 is 0. The lowest BCUT2D eigenvalue weighted by atomic mass is 9.91. The predicted octanol–water partition coefficient (Wildman–Crippen LogP) is 2.15. The molecule has 0 amide bonds. The lowest BCUT2D eigenvalue weighted by Crippen LogP contribution is -2.17. The predicted molar refractivity (Wildman–Crippen MR) is 65.2 cm³/mol. The Morgan fingerprint density at radius 2 is 1.31 bits per heavy atom. The van der Waals surface area contributed by atoms with Crippen molar-refractivity contribution in [2.24, 2.45) is 11.8 Å². The van der Waals surface area contributed by atoms with Crippen LogP contribution in [-0.4, -0.2) is 29.2 Å². The van der Waals surface area contributed by atoms with Crippen LogP contribution in [0.1, 0.15) is 52.4 Å². The van der Waals surface area contributed by atoms with Crippen LogP contribution < -0.4 is 0 Å². The molecule has 0 fully saturated rings. The van der Waals surface area contributed by atoms with Crippen LogP contribution in [0.4, 0.5) is 0 Å². The summed E-state index contributed by atoms with van der Waals surface area (Å²) in [7, 11) is 0. The minimum Gasteiger partial charge on any atom is -0.396 e. The van der Waals surface area contributed by atoms with Gasteiger partial charge in [-0.05, 0) is 24.7 Å². The molecule has 0 aromatic rings. The average molecular weight is 230 g/mol. The number of rotatable bonds is 10. The third-order valence-electron chi connectivity index (χ3n) is 2.94. The van der Waals surface area contributed by atoms with Gasteiger partial charge in [-0.1, -0.05) is 26.7 Å². The normalized spacial score (nSPS) is 14.8. The minimum absolute atomic E-state index is 0.0944. The van der Waals surface area contributed by atoms with E-state index in [9.17, 15) is 4.79 Å². The van der Waals surface area contributed by atoms with E-state index in [1.165, 1.54) is 0 Å². The Morgan fingerprint density at radius 1 is 0.938 bits per heavy atom. The van der Waals surface area contributed by atoms with Crippen LogP contribution in [0.2, 0.25) is 0 Å². The zero-order chi connectivity index (χ0) is 12.4. The van der Waals surface area contributed by atoms with Gasteiger partial charge in [0.05, 0.1) is 0 Å². The number of hydrogen-bond donors (Lipinski definition) is 2. The molecule has 3 heteroatoms. The first kappa shape index (κ1) is 15.6. The van der Waals surface area contributed by atoms with Gasteiger partial charge in [-0.2, -0.15) is 0 Å². The fourth-order valence-electron chi connectivity index (χ4n) is 2.06. The second-order valence-electron chi connectivity index (χ2n) is 4.62. The number of ketones is 1. The van der Waals surface area contributed by atoms with E-state index < -0.39 is 0 Å². The van der Waals surface area contributed by atoms with Gasteiger partial charge in [0.2, 0.25) is 0 Å². The Bertz CT molecular complexity index is 162. The molecule has 16 heavy (non-hydrogen) atoms. The van der Waals surface area contributed by atoms with Gasteiger partial charge in [-0.15, -0.1) is 0 Å². The van der Waals surface area contributed by atoms with Crippen LogP contribution in [0.5, 0.6) is 0 Å². The van der Waals surface area contributed by atoms with Gasteiger partial charge < -0.3 is 10.2 Å². The molecular formula is C13H26O3. The number of Topliss-reactive ketones (excluding diaryl/α,β-unsaturated/α-hetero) is 1. The highest BCUT2D eigenvalue weighted by molar-refractivity contribution is 5.78. The molecule has 2 atom stereocenters. The molecule has 2 N–H and O–H groups in total. The first-order chi connectivity index (χ1) is 7.67. The summed E-state index contributed by atoms with van der Waals surface area (Å²) >= 11 is 0. The van der Waals surface area contributed by atoms with Gasteiger partial charge in [0, 0.05) is 26.1 Å². The summed E-state index contributed by atoms with van der Waals surface area (Å²) in [5.41, 5.74) is 0. The smallest absolute Gasteiger partial charge is 0.133 e. The van der Waals surface area contributed by atoms with Crippen LogP contribution in [-0.2, 0) is 4.79 Å². The lowest BCUT2D eigenvalue weighted by Gasteiger charge is -2.15. The summed E-state index contributed by atoms with van der Waals surface area (Å²) in [5, 5.41) is 18.2. The number of hydrogen-bond acceptors (Lipinski definition) is 3. The molecule has 0 rings (SSSR count). The van der Waals surface area contributed by atoms with Crippen LogP contribution in [0.25, 0.3) is 0 Å². The number of carbonyl (C=O) groups excluding carboxylic acids is 1. The van der Waals surface area contributed by atoms with Crippen molar-refractivity contribution in [3.8, 4) is 0 Å². The molecule has 0 aliphatic heterocycles. The summed E-state index contributed by atoms with van der Waals surface area (Å²) in [6, 6.07) is 0. The van der Waals surface area contributed by atoms with Crippen molar-refractivity contribution < 1.29 is 15.0 Å². The first-order valence-electron chi connectivity index (χ1n) is 6.41. The first-order valence-corrected chi connectivity index (χ1v) is 6.41. The minimum atomic E-state index is 0.0944. The summed E-state index contributed by atoms with van der Waals surface area (Å²) in [6.45, 7) is 4.30. The molecular weight excluding hydrogens is 204 g/mol. The number of carbonyl (C=O) groups is 1. The summed E-state index contributed by atoms with van der Waals surface area (Å²) in [4.78, 5) is 11.7. The molecule has 0 saturated carbocycles. The van der Waals surface area contributed by atoms with Crippen molar-refractivity contribution in [3.63, 3.8) is 0 Å². The van der Waals surface area contributed by atoms with Crippen molar-refractivity contribution in [1.29, 1.82) is 0 Å². The van der Waals surface area contributed by atoms with Crippen LogP contribution in [0, 0.1) is 11.8 Å². The monoisotopic (exact) mass is 230 g/mol. The Labute approximate surface area is 98.9 Å². The molecule has 96 valence electrons. The van der Waals surface area contributed by atoms with E-state index in [1.807, 2.05) is 0 Å². The Kier molecular flexibility index (Phi) is 9.54. The molecule has 0 aliphatic rings. The van der Waals surface area contributed by atoms with Crippen molar-refractivity contribution in [1.82, 2.24) is 0 Å². The van der Waals surface area contributed by atoms with Crippen LogP contribution in [0.15, 0.2) is 0 Å². The summed E-state index contributed by atoms with van der Waals surface area (Å²) in [5.74, 6) is 0.400. The Hall–Kier alpha value is -0.410. The highest BCUT2D eigenvalue weighted by atomic mass is 16.3. The largest absolute Gasteiger partial charge is 0.396 e. The van der Waals surface area contributed by atoms with E-state index in [4.69, 9.17) is 10.2 Å². The fraction of sp³-hybridized carbons (Fsp3) is 0.923. The number of aliphatic hydroxyl groups is 2. The van der Waals surface area contributed by atoms with E-state index in [0.29, 0.717) is 12.8 Å². The van der Waals surface area contributed by atoms with Gasteiger partial charge in [0.25, 0.3) is 0 Å². The topological polar surface area (TPSA) is 57.5 Å². The van der Waals surface area contributed by atoms with Gasteiger partial charge >= 0.3 is 0 Å². The average Bonchev–Trinajstić information content (AvgIpc) is 2.27. The molecule has 0 aromatic heterocycles. The van der Waals surface area contributed by atoms with Gasteiger partial charge in [-0.25, -0.2) is 0 Å².